The Hall–Kier alpha value is -2.22. The Balaban J connectivity index is 1.40. The van der Waals surface area contributed by atoms with Crippen LogP contribution in [0.3, 0.4) is 0 Å². The minimum absolute atomic E-state index is 0.432. The minimum Gasteiger partial charge on any atom is -0.333 e. The topological polar surface area (TPSA) is 58.4 Å². The quantitative estimate of drug-likeness (QED) is 0.607. The van der Waals surface area contributed by atoms with Crippen LogP contribution in [-0.2, 0) is 23.0 Å². The van der Waals surface area contributed by atoms with Gasteiger partial charge in [-0.05, 0) is 56.5 Å². The van der Waals surface area contributed by atoms with Crippen LogP contribution < -0.4 is 0 Å². The molecule has 1 aromatic carbocycles. The van der Waals surface area contributed by atoms with Gasteiger partial charge in [0.15, 0.2) is 0 Å². The van der Waals surface area contributed by atoms with Crippen molar-refractivity contribution in [2.45, 2.75) is 38.6 Å². The molecule has 3 heterocycles. The molecular weight excluding hydrogens is 396 g/mol. The molecule has 30 heavy (non-hydrogen) atoms. The van der Waals surface area contributed by atoms with Gasteiger partial charge in [-0.15, -0.1) is 0 Å². The van der Waals surface area contributed by atoms with Gasteiger partial charge in [0, 0.05) is 57.0 Å². The fraction of sp³-hybridized carbons (Fsp3) is 0.435. The summed E-state index contributed by atoms with van der Waals surface area (Å²) in [5, 5.41) is 1.22. The zero-order chi connectivity index (χ0) is 21.3. The molecule has 3 aromatic rings. The highest BCUT2D eigenvalue weighted by molar-refractivity contribution is 7.89. The van der Waals surface area contributed by atoms with Crippen molar-refractivity contribution in [3.8, 4) is 0 Å². The van der Waals surface area contributed by atoms with Gasteiger partial charge in [0.25, 0.3) is 0 Å². The van der Waals surface area contributed by atoms with Gasteiger partial charge in [-0.25, -0.2) is 13.4 Å². The Morgan fingerprint density at radius 1 is 1.07 bits per heavy atom. The smallest absolute Gasteiger partial charge is 0.243 e. The number of rotatable bonds is 6. The maximum absolute atomic E-state index is 13.1. The van der Waals surface area contributed by atoms with Crippen molar-refractivity contribution < 1.29 is 8.42 Å². The molecule has 2 aromatic heterocycles. The van der Waals surface area contributed by atoms with E-state index in [-0.39, 0.29) is 0 Å². The molecule has 1 saturated heterocycles. The van der Waals surface area contributed by atoms with E-state index in [0.29, 0.717) is 18.0 Å². The first-order valence-electron chi connectivity index (χ1n) is 10.6. The van der Waals surface area contributed by atoms with Crippen molar-refractivity contribution in [1.29, 1.82) is 0 Å². The number of hydrogen-bond acceptors (Lipinski definition) is 4. The lowest BCUT2D eigenvalue weighted by molar-refractivity contribution is 0.190. The average Bonchev–Trinajstić information content (AvgIpc) is 3.10. The van der Waals surface area contributed by atoms with Crippen LogP contribution in [0.2, 0.25) is 0 Å². The SMILES string of the molecule is CCn1cc(CCN2CCN(S(=O)(=O)c3ccc(C)cc3C)CC2)c2cccnc21. The number of hydrogen-bond donors (Lipinski definition) is 0. The summed E-state index contributed by atoms with van der Waals surface area (Å²) in [6, 6.07) is 9.67. The van der Waals surface area contributed by atoms with Crippen LogP contribution in [0.5, 0.6) is 0 Å². The van der Waals surface area contributed by atoms with Gasteiger partial charge in [-0.1, -0.05) is 17.7 Å². The molecule has 0 radical (unpaired) electrons. The van der Waals surface area contributed by atoms with E-state index in [0.717, 1.165) is 49.4 Å². The normalized spacial score (nSPS) is 16.4. The molecular formula is C23H30N4O2S. The van der Waals surface area contributed by atoms with E-state index in [9.17, 15) is 8.42 Å². The molecule has 6 nitrogen and oxygen atoms in total. The van der Waals surface area contributed by atoms with Gasteiger partial charge in [0.2, 0.25) is 10.0 Å². The number of aromatic nitrogens is 2. The molecule has 7 heteroatoms. The second kappa shape index (κ2) is 8.49. The number of aryl methyl sites for hydroxylation is 3. The minimum atomic E-state index is -3.43. The molecule has 1 aliphatic heterocycles. The molecule has 0 bridgehead atoms. The standard InChI is InChI=1S/C23H30N4O2S/c1-4-26-17-20(21-6-5-10-24-23(21)26)9-11-25-12-14-27(15-13-25)30(28,29)22-8-7-18(2)16-19(22)3/h5-8,10,16-17H,4,9,11-15H2,1-3H3. The van der Waals surface area contributed by atoms with Crippen LogP contribution in [-0.4, -0.2) is 59.9 Å². The van der Waals surface area contributed by atoms with E-state index < -0.39 is 10.0 Å². The Labute approximate surface area is 179 Å². The lowest BCUT2D eigenvalue weighted by atomic mass is 10.1. The van der Waals surface area contributed by atoms with Crippen molar-refractivity contribution in [2.24, 2.45) is 0 Å². The van der Waals surface area contributed by atoms with Gasteiger partial charge in [-0.2, -0.15) is 4.31 Å². The third-order valence-electron chi connectivity index (χ3n) is 6.03. The van der Waals surface area contributed by atoms with Crippen molar-refractivity contribution in [3.05, 3.63) is 59.4 Å². The fourth-order valence-electron chi connectivity index (χ4n) is 4.34. The predicted molar refractivity (Wildman–Crippen MR) is 120 cm³/mol. The molecule has 1 fully saturated rings. The molecule has 160 valence electrons. The number of benzene rings is 1. The Morgan fingerprint density at radius 3 is 2.53 bits per heavy atom. The van der Waals surface area contributed by atoms with Crippen LogP contribution in [0.25, 0.3) is 11.0 Å². The number of fused-ring (bicyclic) bond motifs is 1. The van der Waals surface area contributed by atoms with Crippen LogP contribution in [0.1, 0.15) is 23.6 Å². The third-order valence-corrected chi connectivity index (χ3v) is 8.09. The molecule has 0 spiro atoms. The lowest BCUT2D eigenvalue weighted by Crippen LogP contribution is -2.49. The lowest BCUT2D eigenvalue weighted by Gasteiger charge is -2.34. The van der Waals surface area contributed by atoms with Crippen LogP contribution in [0.15, 0.2) is 47.6 Å². The number of piperazine rings is 1. The average molecular weight is 427 g/mol. The van der Waals surface area contributed by atoms with Gasteiger partial charge >= 0.3 is 0 Å². The second-order valence-electron chi connectivity index (χ2n) is 8.08. The predicted octanol–water partition coefficient (Wildman–Crippen LogP) is 3.22. The van der Waals surface area contributed by atoms with E-state index in [2.05, 4.69) is 33.6 Å². The number of sulfonamides is 1. The van der Waals surface area contributed by atoms with Crippen molar-refractivity contribution >= 4 is 21.1 Å². The Kier molecular flexibility index (Phi) is 5.95. The molecule has 0 aliphatic carbocycles. The summed E-state index contributed by atoms with van der Waals surface area (Å²) in [4.78, 5) is 7.31. The van der Waals surface area contributed by atoms with E-state index in [1.54, 1.807) is 10.4 Å². The van der Waals surface area contributed by atoms with Gasteiger partial charge in [0.05, 0.1) is 4.90 Å². The summed E-state index contributed by atoms with van der Waals surface area (Å²) < 4.78 is 30.0. The molecule has 0 saturated carbocycles. The van der Waals surface area contributed by atoms with Gasteiger partial charge < -0.3 is 9.47 Å². The van der Waals surface area contributed by atoms with Crippen molar-refractivity contribution in [2.75, 3.05) is 32.7 Å². The number of nitrogens with zero attached hydrogens (tertiary/aromatic N) is 4. The highest BCUT2D eigenvalue weighted by atomic mass is 32.2. The van der Waals surface area contributed by atoms with Crippen LogP contribution in [0.4, 0.5) is 0 Å². The highest BCUT2D eigenvalue weighted by Gasteiger charge is 2.29. The zero-order valence-electron chi connectivity index (χ0n) is 18.0. The molecule has 0 amide bonds. The highest BCUT2D eigenvalue weighted by Crippen LogP contribution is 2.23. The summed E-state index contributed by atoms with van der Waals surface area (Å²) in [5.41, 5.74) is 4.25. The molecule has 0 atom stereocenters. The molecule has 1 aliphatic rings. The largest absolute Gasteiger partial charge is 0.333 e. The first kappa shape index (κ1) is 21.0. The molecule has 0 N–H and O–H groups in total. The van der Waals surface area contributed by atoms with Gasteiger partial charge in [0.1, 0.15) is 5.65 Å². The van der Waals surface area contributed by atoms with Crippen molar-refractivity contribution in [1.82, 2.24) is 18.8 Å². The maximum atomic E-state index is 13.1. The summed E-state index contributed by atoms with van der Waals surface area (Å²) in [6.45, 7) is 10.4. The summed E-state index contributed by atoms with van der Waals surface area (Å²) >= 11 is 0. The second-order valence-corrected chi connectivity index (χ2v) is 9.99. The molecule has 0 unspecified atom stereocenters. The van der Waals surface area contributed by atoms with Gasteiger partial charge in [-0.3, -0.25) is 0 Å². The van der Waals surface area contributed by atoms with E-state index in [1.807, 2.05) is 38.2 Å². The fourth-order valence-corrected chi connectivity index (χ4v) is 5.96. The molecule has 4 rings (SSSR count). The van der Waals surface area contributed by atoms with E-state index in [1.165, 1.54) is 10.9 Å². The Bertz CT molecular complexity index is 1150. The Morgan fingerprint density at radius 2 is 1.83 bits per heavy atom. The van der Waals surface area contributed by atoms with E-state index >= 15 is 0 Å². The van der Waals surface area contributed by atoms with Crippen LogP contribution >= 0.6 is 0 Å². The first-order valence-corrected chi connectivity index (χ1v) is 12.1. The van der Waals surface area contributed by atoms with Crippen LogP contribution in [0, 0.1) is 13.8 Å². The monoisotopic (exact) mass is 426 g/mol. The van der Waals surface area contributed by atoms with E-state index in [4.69, 9.17) is 0 Å². The summed E-state index contributed by atoms with van der Waals surface area (Å²) in [7, 11) is -3.43. The summed E-state index contributed by atoms with van der Waals surface area (Å²) in [5.74, 6) is 0. The number of pyridine rings is 1. The first-order chi connectivity index (χ1) is 14.4. The van der Waals surface area contributed by atoms with Crippen molar-refractivity contribution in [3.63, 3.8) is 0 Å². The maximum Gasteiger partial charge on any atom is 0.243 e. The zero-order valence-corrected chi connectivity index (χ0v) is 18.8. The summed E-state index contributed by atoms with van der Waals surface area (Å²) in [6.07, 6.45) is 4.99. The third kappa shape index (κ3) is 4.02.